The summed E-state index contributed by atoms with van der Waals surface area (Å²) in [5.74, 6) is 1.72. The van der Waals surface area contributed by atoms with Crippen LogP contribution in [0.5, 0.6) is 11.5 Å². The van der Waals surface area contributed by atoms with E-state index in [0.29, 0.717) is 21.8 Å². The molecule has 0 N–H and O–H groups in total. The van der Waals surface area contributed by atoms with Crippen molar-refractivity contribution in [3.05, 3.63) is 107 Å². The summed E-state index contributed by atoms with van der Waals surface area (Å²) in [6, 6.07) is 27.7. The van der Waals surface area contributed by atoms with Crippen LogP contribution >= 0.6 is 31.9 Å². The lowest BCUT2D eigenvalue weighted by molar-refractivity contribution is 0.103. The maximum Gasteiger partial charge on any atom is 0.193 e. The molecule has 0 amide bonds. The van der Waals surface area contributed by atoms with Crippen LogP contribution in [0.3, 0.4) is 0 Å². The van der Waals surface area contributed by atoms with Gasteiger partial charge in [0.1, 0.15) is 11.5 Å². The summed E-state index contributed by atoms with van der Waals surface area (Å²) in [4.78, 5) is 13.1. The Bertz CT molecular complexity index is 1200. The fraction of sp³-hybridized carbons (Fsp3) is 0.138. The molecule has 0 spiro atoms. The zero-order chi connectivity index (χ0) is 24.1. The first-order valence-electron chi connectivity index (χ1n) is 10.8. The molecule has 4 rings (SSSR count). The van der Waals surface area contributed by atoms with Crippen molar-refractivity contribution in [2.24, 2.45) is 0 Å². The van der Waals surface area contributed by atoms with Gasteiger partial charge in [0.05, 0.1) is 14.2 Å². The van der Waals surface area contributed by atoms with Crippen molar-refractivity contribution < 1.29 is 14.3 Å². The number of ketones is 1. The van der Waals surface area contributed by atoms with Crippen molar-refractivity contribution in [1.82, 2.24) is 0 Å². The lowest BCUT2D eigenvalue weighted by Crippen LogP contribution is -2.01. The Labute approximate surface area is 217 Å². The molecule has 0 radical (unpaired) electrons. The minimum absolute atomic E-state index is 0.00450. The van der Waals surface area contributed by atoms with Crippen LogP contribution in [0.4, 0.5) is 0 Å². The Balaban J connectivity index is 1.53. The molecule has 0 heterocycles. The lowest BCUT2D eigenvalue weighted by Gasteiger charge is -2.10. The first-order chi connectivity index (χ1) is 16.6. The summed E-state index contributed by atoms with van der Waals surface area (Å²) < 4.78 is 10.8. The number of rotatable bonds is 8. The zero-order valence-corrected chi connectivity index (χ0v) is 22.1. The normalized spacial score (nSPS) is 10.7. The summed E-state index contributed by atoms with van der Waals surface area (Å²) in [6.45, 7) is 0. The topological polar surface area (TPSA) is 35.5 Å². The summed E-state index contributed by atoms with van der Waals surface area (Å²) in [5, 5.41) is 1.43. The van der Waals surface area contributed by atoms with Crippen molar-refractivity contribution in [2.45, 2.75) is 10.7 Å². The third-order valence-electron chi connectivity index (χ3n) is 5.81. The van der Waals surface area contributed by atoms with E-state index < -0.39 is 0 Å². The van der Waals surface area contributed by atoms with E-state index in [9.17, 15) is 4.79 Å². The predicted molar refractivity (Wildman–Crippen MR) is 146 cm³/mol. The fourth-order valence-corrected chi connectivity index (χ4v) is 4.80. The Morgan fingerprint density at radius 2 is 0.941 bits per heavy atom. The molecular weight excluding hydrogens is 556 g/mol. The highest BCUT2D eigenvalue weighted by Gasteiger charge is 2.12. The Hall–Kier alpha value is -2.89. The maximum atomic E-state index is 13.1. The van der Waals surface area contributed by atoms with Gasteiger partial charge < -0.3 is 9.47 Å². The zero-order valence-electron chi connectivity index (χ0n) is 19.0. The van der Waals surface area contributed by atoms with E-state index in [-0.39, 0.29) is 5.78 Å². The largest absolute Gasteiger partial charge is 0.496 e. The number of alkyl halides is 2. The van der Waals surface area contributed by atoms with Crippen LogP contribution in [0.25, 0.3) is 22.3 Å². The van der Waals surface area contributed by atoms with Gasteiger partial charge in [-0.2, -0.15) is 0 Å². The van der Waals surface area contributed by atoms with Gasteiger partial charge in [0.2, 0.25) is 0 Å². The van der Waals surface area contributed by atoms with Crippen molar-refractivity contribution in [3.8, 4) is 33.8 Å². The van der Waals surface area contributed by atoms with Crippen LogP contribution in [-0.2, 0) is 10.7 Å². The van der Waals surface area contributed by atoms with Crippen LogP contribution in [0.1, 0.15) is 27.0 Å². The van der Waals surface area contributed by atoms with Crippen molar-refractivity contribution in [1.29, 1.82) is 0 Å². The highest BCUT2D eigenvalue weighted by atomic mass is 79.9. The van der Waals surface area contributed by atoms with Gasteiger partial charge in [-0.05, 0) is 46.5 Å². The van der Waals surface area contributed by atoms with E-state index in [2.05, 4.69) is 44.0 Å². The van der Waals surface area contributed by atoms with E-state index in [4.69, 9.17) is 9.47 Å². The van der Waals surface area contributed by atoms with Crippen LogP contribution < -0.4 is 9.47 Å². The van der Waals surface area contributed by atoms with Gasteiger partial charge in [-0.25, -0.2) is 0 Å². The molecule has 4 aromatic rings. The monoisotopic (exact) mass is 578 g/mol. The number of carbonyl (C=O) groups is 1. The smallest absolute Gasteiger partial charge is 0.193 e. The molecule has 0 aliphatic heterocycles. The SMILES string of the molecule is COc1ccc(-c2ccc(C(=O)c3ccc(-c4ccc(OC)c(CBr)c4)cc3)cc2)cc1CBr. The minimum atomic E-state index is 0.00450. The van der Waals surface area contributed by atoms with E-state index in [1.807, 2.05) is 72.8 Å². The number of hydrogen-bond donors (Lipinski definition) is 0. The second kappa shape index (κ2) is 11.0. The van der Waals surface area contributed by atoms with Gasteiger partial charge in [0.15, 0.2) is 5.78 Å². The highest BCUT2D eigenvalue weighted by Crippen LogP contribution is 2.30. The third kappa shape index (κ3) is 5.11. The standard InChI is InChI=1S/C29H24Br2O3/c1-33-27-13-11-23(15-25(27)17-30)19-3-7-21(8-4-19)29(32)22-9-5-20(6-10-22)24-12-14-28(34-2)26(16-24)18-31/h3-16H,17-18H2,1-2H3. The highest BCUT2D eigenvalue weighted by molar-refractivity contribution is 9.08. The molecule has 0 aromatic heterocycles. The van der Waals surface area contributed by atoms with Gasteiger partial charge in [-0.1, -0.05) is 92.5 Å². The maximum absolute atomic E-state index is 13.1. The lowest BCUT2D eigenvalue weighted by atomic mass is 9.96. The van der Waals surface area contributed by atoms with E-state index in [1.165, 1.54) is 0 Å². The number of carbonyl (C=O) groups excluding carboxylic acids is 1. The Morgan fingerprint density at radius 1 is 0.588 bits per heavy atom. The number of benzene rings is 4. The second-order valence-electron chi connectivity index (χ2n) is 7.80. The first-order valence-corrected chi connectivity index (χ1v) is 13.0. The molecule has 0 aliphatic rings. The molecule has 0 saturated heterocycles. The van der Waals surface area contributed by atoms with Gasteiger partial charge in [0.25, 0.3) is 0 Å². The predicted octanol–water partition coefficient (Wildman–Crippen LogP) is 8.06. The van der Waals surface area contributed by atoms with Crippen LogP contribution in [0.15, 0.2) is 84.9 Å². The van der Waals surface area contributed by atoms with Crippen molar-refractivity contribution >= 4 is 37.6 Å². The van der Waals surface area contributed by atoms with Gasteiger partial charge in [-0.3, -0.25) is 4.79 Å². The molecular formula is C29H24Br2O3. The molecule has 3 nitrogen and oxygen atoms in total. The van der Waals surface area contributed by atoms with Crippen LogP contribution in [-0.4, -0.2) is 20.0 Å². The summed E-state index contributed by atoms with van der Waals surface area (Å²) in [6.07, 6.45) is 0. The molecule has 0 bridgehead atoms. The number of hydrogen-bond acceptors (Lipinski definition) is 3. The summed E-state index contributed by atoms with van der Waals surface area (Å²) >= 11 is 7.03. The first kappa shape index (κ1) is 24.2. The molecule has 5 heteroatoms. The number of ether oxygens (including phenoxy) is 2. The van der Waals surface area contributed by atoms with E-state index in [0.717, 1.165) is 44.9 Å². The summed E-state index contributed by atoms with van der Waals surface area (Å²) in [7, 11) is 3.34. The Morgan fingerprint density at radius 3 is 1.26 bits per heavy atom. The van der Waals surface area contributed by atoms with Crippen LogP contribution in [0, 0.1) is 0 Å². The quantitative estimate of drug-likeness (QED) is 0.156. The Kier molecular flexibility index (Phi) is 7.86. The van der Waals surface area contributed by atoms with Gasteiger partial charge in [-0.15, -0.1) is 0 Å². The van der Waals surface area contributed by atoms with E-state index >= 15 is 0 Å². The molecule has 0 saturated carbocycles. The molecule has 0 fully saturated rings. The van der Waals surface area contributed by atoms with Crippen LogP contribution in [0.2, 0.25) is 0 Å². The van der Waals surface area contributed by atoms with Gasteiger partial charge >= 0.3 is 0 Å². The molecule has 4 aromatic carbocycles. The summed E-state index contributed by atoms with van der Waals surface area (Å²) in [5.41, 5.74) is 7.77. The van der Waals surface area contributed by atoms with E-state index in [1.54, 1.807) is 14.2 Å². The average molecular weight is 580 g/mol. The average Bonchev–Trinajstić information content (AvgIpc) is 2.92. The molecule has 0 atom stereocenters. The number of halogens is 2. The molecule has 0 unspecified atom stereocenters. The van der Waals surface area contributed by atoms with Crippen molar-refractivity contribution in [2.75, 3.05) is 14.2 Å². The fourth-order valence-electron chi connectivity index (χ4n) is 3.92. The molecule has 34 heavy (non-hydrogen) atoms. The second-order valence-corrected chi connectivity index (χ2v) is 8.93. The third-order valence-corrected chi connectivity index (χ3v) is 7.02. The van der Waals surface area contributed by atoms with Crippen molar-refractivity contribution in [3.63, 3.8) is 0 Å². The molecule has 0 aliphatic carbocycles. The minimum Gasteiger partial charge on any atom is -0.496 e. The molecule has 172 valence electrons. The van der Waals surface area contributed by atoms with Gasteiger partial charge in [0, 0.05) is 32.9 Å². The number of methoxy groups -OCH3 is 2.